The van der Waals surface area contributed by atoms with E-state index in [0.29, 0.717) is 23.3 Å². The maximum Gasteiger partial charge on any atom is 0.344 e. The lowest BCUT2D eigenvalue weighted by atomic mass is 10.2. The van der Waals surface area contributed by atoms with Crippen LogP contribution in [0.25, 0.3) is 0 Å². The van der Waals surface area contributed by atoms with Gasteiger partial charge in [-0.2, -0.15) is 0 Å². The number of esters is 1. The average molecular weight is 341 g/mol. The Morgan fingerprint density at radius 1 is 1.08 bits per heavy atom. The van der Waals surface area contributed by atoms with Crippen molar-refractivity contribution in [3.8, 4) is 5.75 Å². The van der Waals surface area contributed by atoms with E-state index in [1.807, 2.05) is 19.1 Å². The van der Waals surface area contributed by atoms with Crippen LogP contribution in [0.4, 0.5) is 5.69 Å². The molecule has 6 nitrogen and oxygen atoms in total. The highest BCUT2D eigenvalue weighted by Crippen LogP contribution is 2.12. The maximum absolute atomic E-state index is 12.0. The second kappa shape index (κ2) is 8.63. The molecule has 0 aliphatic heterocycles. The number of aldehydes is 1. The molecule has 0 fully saturated rings. The van der Waals surface area contributed by atoms with Crippen LogP contribution in [-0.4, -0.2) is 30.9 Å². The molecular weight excluding hydrogens is 322 g/mol. The first kappa shape index (κ1) is 18.2. The Hall–Kier alpha value is -3.15. The van der Waals surface area contributed by atoms with E-state index in [1.165, 1.54) is 6.92 Å². The van der Waals surface area contributed by atoms with Crippen molar-refractivity contribution in [2.45, 2.75) is 20.0 Å². The molecule has 0 aliphatic carbocycles. The zero-order chi connectivity index (χ0) is 18.2. The molecule has 0 aromatic heterocycles. The number of hydrogen-bond acceptors (Lipinski definition) is 5. The van der Waals surface area contributed by atoms with Crippen molar-refractivity contribution in [2.24, 2.45) is 0 Å². The first-order valence-corrected chi connectivity index (χ1v) is 7.73. The summed E-state index contributed by atoms with van der Waals surface area (Å²) in [6.45, 7) is 3.10. The van der Waals surface area contributed by atoms with E-state index in [2.05, 4.69) is 5.32 Å². The molecule has 25 heavy (non-hydrogen) atoms. The Bertz CT molecular complexity index is 737. The molecular formula is C19H19NO5. The third-order valence-electron chi connectivity index (χ3n) is 3.37. The van der Waals surface area contributed by atoms with Crippen LogP contribution in [0.3, 0.4) is 0 Å². The minimum atomic E-state index is -0.949. The topological polar surface area (TPSA) is 81.7 Å². The molecule has 0 spiro atoms. The van der Waals surface area contributed by atoms with Gasteiger partial charge in [0.05, 0.1) is 0 Å². The Kier molecular flexibility index (Phi) is 6.28. The van der Waals surface area contributed by atoms with E-state index >= 15 is 0 Å². The summed E-state index contributed by atoms with van der Waals surface area (Å²) in [5, 5.41) is 2.67. The van der Waals surface area contributed by atoms with Crippen molar-refractivity contribution in [1.29, 1.82) is 0 Å². The summed E-state index contributed by atoms with van der Waals surface area (Å²) in [5.41, 5.74) is 2.22. The number of ether oxygens (including phenoxy) is 2. The smallest absolute Gasteiger partial charge is 0.344 e. The molecule has 0 radical (unpaired) electrons. The number of rotatable bonds is 7. The van der Waals surface area contributed by atoms with Gasteiger partial charge in [0.1, 0.15) is 12.0 Å². The fourth-order valence-corrected chi connectivity index (χ4v) is 1.95. The van der Waals surface area contributed by atoms with Gasteiger partial charge in [-0.05, 0) is 50.2 Å². The number of amides is 1. The summed E-state index contributed by atoms with van der Waals surface area (Å²) in [6, 6.07) is 13.6. The summed E-state index contributed by atoms with van der Waals surface area (Å²) in [5.74, 6) is -0.655. The lowest BCUT2D eigenvalue weighted by Gasteiger charge is -2.14. The molecule has 130 valence electrons. The first-order chi connectivity index (χ1) is 12.0. The van der Waals surface area contributed by atoms with Crippen LogP contribution in [0.2, 0.25) is 0 Å². The average Bonchev–Trinajstić information content (AvgIpc) is 2.62. The molecule has 1 atom stereocenters. The highest BCUT2D eigenvalue weighted by molar-refractivity contribution is 5.95. The fourth-order valence-electron chi connectivity index (χ4n) is 1.95. The van der Waals surface area contributed by atoms with Gasteiger partial charge in [0.15, 0.2) is 12.7 Å². The molecule has 1 N–H and O–H groups in total. The van der Waals surface area contributed by atoms with Crippen LogP contribution < -0.4 is 10.1 Å². The summed E-state index contributed by atoms with van der Waals surface area (Å²) >= 11 is 0. The summed E-state index contributed by atoms with van der Waals surface area (Å²) < 4.78 is 10.3. The lowest BCUT2D eigenvalue weighted by molar-refractivity contribution is -0.155. The van der Waals surface area contributed by atoms with Crippen molar-refractivity contribution in [3.05, 3.63) is 59.7 Å². The van der Waals surface area contributed by atoms with Gasteiger partial charge in [-0.1, -0.05) is 17.7 Å². The van der Waals surface area contributed by atoms with Gasteiger partial charge in [-0.3, -0.25) is 9.59 Å². The van der Waals surface area contributed by atoms with E-state index in [4.69, 9.17) is 9.47 Å². The Labute approximate surface area is 145 Å². The van der Waals surface area contributed by atoms with Gasteiger partial charge < -0.3 is 14.8 Å². The van der Waals surface area contributed by atoms with Gasteiger partial charge in [-0.15, -0.1) is 0 Å². The van der Waals surface area contributed by atoms with Crippen LogP contribution >= 0.6 is 0 Å². The number of carbonyl (C=O) groups excluding carboxylic acids is 3. The van der Waals surface area contributed by atoms with Gasteiger partial charge >= 0.3 is 5.97 Å². The molecule has 0 aliphatic rings. The zero-order valence-corrected chi connectivity index (χ0v) is 14.0. The first-order valence-electron chi connectivity index (χ1n) is 7.73. The fraction of sp³-hybridized carbons (Fsp3) is 0.211. The highest BCUT2D eigenvalue weighted by Gasteiger charge is 2.18. The maximum atomic E-state index is 12.0. The second-order valence-corrected chi connectivity index (χ2v) is 5.46. The third kappa shape index (κ3) is 5.76. The number of benzene rings is 2. The Morgan fingerprint density at radius 3 is 2.32 bits per heavy atom. The molecule has 0 saturated carbocycles. The number of carbonyl (C=O) groups is 3. The van der Waals surface area contributed by atoms with Gasteiger partial charge in [0.2, 0.25) is 0 Å². The molecule has 2 rings (SSSR count). The van der Waals surface area contributed by atoms with E-state index in [-0.39, 0.29) is 6.61 Å². The predicted octanol–water partition coefficient (Wildman–Crippen LogP) is 2.76. The predicted molar refractivity (Wildman–Crippen MR) is 92.7 cm³/mol. The second-order valence-electron chi connectivity index (χ2n) is 5.46. The van der Waals surface area contributed by atoms with Crippen LogP contribution in [-0.2, 0) is 14.3 Å². The minimum absolute atomic E-state index is 0.331. The van der Waals surface area contributed by atoms with Crippen molar-refractivity contribution >= 4 is 23.9 Å². The van der Waals surface area contributed by atoms with E-state index in [0.717, 1.165) is 5.56 Å². The summed E-state index contributed by atoms with van der Waals surface area (Å²) in [4.78, 5) is 34.3. The number of hydrogen-bond donors (Lipinski definition) is 1. The van der Waals surface area contributed by atoms with Crippen molar-refractivity contribution in [3.63, 3.8) is 0 Å². The van der Waals surface area contributed by atoms with Gasteiger partial charge in [-0.25, -0.2) is 4.79 Å². The standard InChI is InChI=1S/C19H19NO5/c1-13-3-7-16(8-4-13)20-19(23)14(2)25-18(22)12-24-17-9-5-15(11-21)6-10-17/h3-11,14H,12H2,1-2H3,(H,20,23)/t14-/m1/s1. The molecule has 2 aromatic rings. The van der Waals surface area contributed by atoms with E-state index < -0.39 is 18.0 Å². The molecule has 0 unspecified atom stereocenters. The lowest BCUT2D eigenvalue weighted by Crippen LogP contribution is -2.31. The number of aryl methyl sites for hydroxylation is 1. The number of nitrogens with one attached hydrogen (secondary N) is 1. The van der Waals surface area contributed by atoms with Crippen LogP contribution in [0, 0.1) is 6.92 Å². The minimum Gasteiger partial charge on any atom is -0.482 e. The van der Waals surface area contributed by atoms with E-state index in [9.17, 15) is 14.4 Å². The number of anilines is 1. The quantitative estimate of drug-likeness (QED) is 0.618. The van der Waals surface area contributed by atoms with Crippen molar-refractivity contribution in [1.82, 2.24) is 0 Å². The monoisotopic (exact) mass is 341 g/mol. The van der Waals surface area contributed by atoms with Gasteiger partial charge in [0.25, 0.3) is 5.91 Å². The Balaban J connectivity index is 1.79. The van der Waals surface area contributed by atoms with Crippen molar-refractivity contribution < 1.29 is 23.9 Å². The van der Waals surface area contributed by atoms with Crippen molar-refractivity contribution in [2.75, 3.05) is 11.9 Å². The highest BCUT2D eigenvalue weighted by atomic mass is 16.6. The van der Waals surface area contributed by atoms with Crippen LogP contribution in [0.5, 0.6) is 5.75 Å². The van der Waals surface area contributed by atoms with Crippen LogP contribution in [0.15, 0.2) is 48.5 Å². The van der Waals surface area contributed by atoms with Crippen LogP contribution in [0.1, 0.15) is 22.8 Å². The summed E-state index contributed by atoms with van der Waals surface area (Å²) in [7, 11) is 0. The summed E-state index contributed by atoms with van der Waals surface area (Å²) in [6.07, 6.45) is -0.235. The molecule has 0 bridgehead atoms. The van der Waals surface area contributed by atoms with E-state index in [1.54, 1.807) is 36.4 Å². The third-order valence-corrected chi connectivity index (χ3v) is 3.37. The molecule has 1 amide bonds. The van der Waals surface area contributed by atoms with Gasteiger partial charge in [0, 0.05) is 11.3 Å². The molecule has 2 aromatic carbocycles. The zero-order valence-electron chi connectivity index (χ0n) is 14.0. The Morgan fingerprint density at radius 2 is 1.72 bits per heavy atom. The normalized spacial score (nSPS) is 11.3. The molecule has 0 saturated heterocycles. The molecule has 0 heterocycles. The largest absolute Gasteiger partial charge is 0.482 e. The SMILES string of the molecule is Cc1ccc(NC(=O)[C@@H](C)OC(=O)COc2ccc(C=O)cc2)cc1. The molecule has 6 heteroatoms.